The second-order valence-corrected chi connectivity index (χ2v) is 6.69. The van der Waals surface area contributed by atoms with Crippen LogP contribution in [-0.2, 0) is 17.5 Å². The van der Waals surface area contributed by atoms with Gasteiger partial charge in [0.15, 0.2) is 0 Å². The Morgan fingerprint density at radius 1 is 1.11 bits per heavy atom. The predicted octanol–water partition coefficient (Wildman–Crippen LogP) is 4.18. The van der Waals surface area contributed by atoms with Gasteiger partial charge in [-0.2, -0.15) is 18.2 Å². The number of nitrogens with one attached hydrogen (secondary N) is 1. The Balaban J connectivity index is 1.33. The van der Waals surface area contributed by atoms with E-state index in [4.69, 9.17) is 0 Å². The monoisotopic (exact) mass is 387 g/mol. The number of nitrogens with zero attached hydrogens (tertiary/aromatic N) is 2. The van der Waals surface area contributed by atoms with Crippen LogP contribution in [0.1, 0.15) is 29.4 Å². The molecule has 8 heteroatoms. The summed E-state index contributed by atoms with van der Waals surface area (Å²) in [6.07, 6.45) is -3.83. The van der Waals surface area contributed by atoms with E-state index in [0.717, 1.165) is 12.0 Å². The number of benzene rings is 2. The van der Waals surface area contributed by atoms with Crippen molar-refractivity contribution in [1.29, 1.82) is 0 Å². The second kappa shape index (κ2) is 7.10. The molecule has 1 aromatic heterocycles. The molecule has 1 heterocycles. The van der Waals surface area contributed by atoms with Crippen LogP contribution in [0.15, 0.2) is 59.1 Å². The van der Waals surface area contributed by atoms with E-state index in [9.17, 15) is 18.0 Å². The molecule has 0 aliphatic heterocycles. The zero-order valence-corrected chi connectivity index (χ0v) is 14.6. The lowest BCUT2D eigenvalue weighted by molar-refractivity contribution is -0.159. The fourth-order valence-corrected chi connectivity index (χ4v) is 3.10. The summed E-state index contributed by atoms with van der Waals surface area (Å²) >= 11 is 0. The SMILES string of the molecule is O=C(NCc1ccc(-c2noc(C(F)(F)F)n2)cc1)C1CC1c1ccccc1. The minimum atomic E-state index is -4.67. The highest BCUT2D eigenvalue weighted by Crippen LogP contribution is 2.47. The van der Waals surface area contributed by atoms with Gasteiger partial charge in [-0.15, -0.1) is 0 Å². The fraction of sp³-hybridized carbons (Fsp3) is 0.250. The zero-order chi connectivity index (χ0) is 19.7. The highest BCUT2D eigenvalue weighted by Gasteiger charge is 2.43. The Kier molecular flexibility index (Phi) is 4.62. The quantitative estimate of drug-likeness (QED) is 0.713. The van der Waals surface area contributed by atoms with E-state index in [2.05, 4.69) is 20.0 Å². The molecular formula is C20H16F3N3O2. The largest absolute Gasteiger partial charge is 0.471 e. The Labute approximate surface area is 158 Å². The van der Waals surface area contributed by atoms with Crippen LogP contribution in [-0.4, -0.2) is 16.0 Å². The number of alkyl halides is 3. The number of carbonyl (C=O) groups excluding carboxylic acids is 1. The Morgan fingerprint density at radius 3 is 2.46 bits per heavy atom. The molecule has 3 aromatic rings. The summed E-state index contributed by atoms with van der Waals surface area (Å²) in [5.41, 5.74) is 2.40. The molecular weight excluding hydrogens is 371 g/mol. The third kappa shape index (κ3) is 3.90. The van der Waals surface area contributed by atoms with Crippen molar-refractivity contribution in [3.8, 4) is 11.4 Å². The van der Waals surface area contributed by atoms with Crippen molar-refractivity contribution in [2.24, 2.45) is 5.92 Å². The van der Waals surface area contributed by atoms with E-state index in [0.29, 0.717) is 12.1 Å². The molecule has 4 rings (SSSR count). The maximum atomic E-state index is 12.5. The average molecular weight is 387 g/mol. The van der Waals surface area contributed by atoms with E-state index >= 15 is 0 Å². The average Bonchev–Trinajstić information content (AvgIpc) is 3.33. The molecule has 2 atom stereocenters. The molecule has 1 saturated carbocycles. The first-order chi connectivity index (χ1) is 13.4. The normalized spacial score (nSPS) is 18.7. The summed E-state index contributed by atoms with van der Waals surface area (Å²) in [7, 11) is 0. The highest BCUT2D eigenvalue weighted by molar-refractivity contribution is 5.82. The second-order valence-electron chi connectivity index (χ2n) is 6.69. The lowest BCUT2D eigenvalue weighted by atomic mass is 10.1. The van der Waals surface area contributed by atoms with Crippen LogP contribution in [0.4, 0.5) is 13.2 Å². The van der Waals surface area contributed by atoms with E-state index in [-0.39, 0.29) is 23.6 Å². The van der Waals surface area contributed by atoms with Gasteiger partial charge in [-0.25, -0.2) is 0 Å². The summed E-state index contributed by atoms with van der Waals surface area (Å²) < 4.78 is 41.8. The molecule has 1 fully saturated rings. The molecule has 1 aliphatic carbocycles. The summed E-state index contributed by atoms with van der Waals surface area (Å²) in [6.45, 7) is 0.344. The Hall–Kier alpha value is -3.16. The van der Waals surface area contributed by atoms with Crippen LogP contribution in [0.5, 0.6) is 0 Å². The van der Waals surface area contributed by atoms with Crippen LogP contribution in [0.3, 0.4) is 0 Å². The van der Waals surface area contributed by atoms with Crippen molar-refractivity contribution in [3.05, 3.63) is 71.6 Å². The maximum Gasteiger partial charge on any atom is 0.471 e. The minimum absolute atomic E-state index is 0.00548. The molecule has 144 valence electrons. The predicted molar refractivity (Wildman–Crippen MR) is 93.9 cm³/mol. The Morgan fingerprint density at radius 2 is 1.82 bits per heavy atom. The smallest absolute Gasteiger partial charge is 0.352 e. The maximum absolute atomic E-state index is 12.5. The third-order valence-electron chi connectivity index (χ3n) is 4.70. The molecule has 1 aliphatic rings. The van der Waals surface area contributed by atoms with Gasteiger partial charge >= 0.3 is 12.1 Å². The van der Waals surface area contributed by atoms with Gasteiger partial charge in [0, 0.05) is 18.0 Å². The molecule has 0 bridgehead atoms. The number of hydrogen-bond donors (Lipinski definition) is 1. The molecule has 2 aromatic carbocycles. The van der Waals surface area contributed by atoms with Crippen molar-refractivity contribution in [2.45, 2.75) is 25.1 Å². The van der Waals surface area contributed by atoms with Gasteiger partial charge in [-0.3, -0.25) is 4.79 Å². The van der Waals surface area contributed by atoms with Gasteiger partial charge in [-0.1, -0.05) is 59.8 Å². The van der Waals surface area contributed by atoms with Gasteiger partial charge in [-0.05, 0) is 23.5 Å². The first kappa shape index (κ1) is 18.2. The van der Waals surface area contributed by atoms with Gasteiger partial charge in [0.1, 0.15) is 0 Å². The van der Waals surface area contributed by atoms with Crippen molar-refractivity contribution >= 4 is 5.91 Å². The van der Waals surface area contributed by atoms with E-state index < -0.39 is 12.1 Å². The third-order valence-corrected chi connectivity index (χ3v) is 4.70. The summed E-state index contributed by atoms with van der Waals surface area (Å²) in [5.74, 6) is -1.25. The molecule has 5 nitrogen and oxygen atoms in total. The van der Waals surface area contributed by atoms with Crippen LogP contribution in [0.2, 0.25) is 0 Å². The van der Waals surface area contributed by atoms with E-state index in [1.807, 2.05) is 30.3 Å². The van der Waals surface area contributed by atoms with Crippen molar-refractivity contribution < 1.29 is 22.5 Å². The standard InChI is InChI=1S/C20H16F3N3O2/c21-20(22,23)19-25-17(26-28-19)14-8-6-12(7-9-14)11-24-18(27)16-10-15(16)13-4-2-1-3-5-13/h1-9,15-16H,10-11H2,(H,24,27). The topological polar surface area (TPSA) is 68.0 Å². The molecule has 0 saturated heterocycles. The fourth-order valence-electron chi connectivity index (χ4n) is 3.10. The molecule has 1 N–H and O–H groups in total. The van der Waals surface area contributed by atoms with Crippen molar-refractivity contribution in [2.75, 3.05) is 0 Å². The number of aromatic nitrogens is 2. The van der Waals surface area contributed by atoms with Gasteiger partial charge < -0.3 is 9.84 Å². The number of hydrogen-bond acceptors (Lipinski definition) is 4. The van der Waals surface area contributed by atoms with E-state index in [1.165, 1.54) is 5.56 Å². The number of halogens is 3. The zero-order valence-electron chi connectivity index (χ0n) is 14.6. The number of rotatable bonds is 5. The van der Waals surface area contributed by atoms with Gasteiger partial charge in [0.05, 0.1) is 0 Å². The Bertz CT molecular complexity index is 968. The van der Waals surface area contributed by atoms with Crippen LogP contribution in [0.25, 0.3) is 11.4 Å². The first-order valence-corrected chi connectivity index (χ1v) is 8.74. The molecule has 1 amide bonds. The summed E-state index contributed by atoms with van der Waals surface area (Å²) in [6, 6.07) is 16.5. The van der Waals surface area contributed by atoms with Crippen LogP contribution < -0.4 is 5.32 Å². The van der Waals surface area contributed by atoms with Crippen molar-refractivity contribution in [3.63, 3.8) is 0 Å². The van der Waals surface area contributed by atoms with Crippen molar-refractivity contribution in [1.82, 2.24) is 15.5 Å². The lowest BCUT2D eigenvalue weighted by Crippen LogP contribution is -2.24. The lowest BCUT2D eigenvalue weighted by Gasteiger charge is -2.06. The van der Waals surface area contributed by atoms with Gasteiger partial charge in [0.2, 0.25) is 11.7 Å². The highest BCUT2D eigenvalue weighted by atomic mass is 19.4. The van der Waals surface area contributed by atoms with Crippen LogP contribution in [0, 0.1) is 5.92 Å². The molecule has 0 radical (unpaired) electrons. The van der Waals surface area contributed by atoms with Crippen LogP contribution >= 0.6 is 0 Å². The molecule has 28 heavy (non-hydrogen) atoms. The molecule has 2 unspecified atom stereocenters. The summed E-state index contributed by atoms with van der Waals surface area (Å²) in [5, 5.41) is 6.26. The number of amides is 1. The summed E-state index contributed by atoms with van der Waals surface area (Å²) in [4.78, 5) is 15.6. The first-order valence-electron chi connectivity index (χ1n) is 8.74. The van der Waals surface area contributed by atoms with E-state index in [1.54, 1.807) is 24.3 Å². The van der Waals surface area contributed by atoms with Gasteiger partial charge in [0.25, 0.3) is 0 Å². The minimum Gasteiger partial charge on any atom is -0.352 e. The molecule has 0 spiro atoms. The number of carbonyl (C=O) groups is 1.